The summed E-state index contributed by atoms with van der Waals surface area (Å²) in [6.45, 7) is 9.31. The highest BCUT2D eigenvalue weighted by molar-refractivity contribution is 9.10. The quantitative estimate of drug-likeness (QED) is 0.702. The molecular weight excluding hydrogens is 408 g/mol. The Labute approximate surface area is 170 Å². The van der Waals surface area contributed by atoms with Crippen LogP contribution in [0.5, 0.6) is 0 Å². The minimum Gasteiger partial charge on any atom is -0.461 e. The van der Waals surface area contributed by atoms with Gasteiger partial charge in [-0.15, -0.1) is 0 Å². The van der Waals surface area contributed by atoms with E-state index in [0.29, 0.717) is 17.2 Å². The van der Waals surface area contributed by atoms with Gasteiger partial charge in [0.25, 0.3) is 0 Å². The van der Waals surface area contributed by atoms with Crippen molar-refractivity contribution in [3.05, 3.63) is 21.4 Å². The molecule has 2 fully saturated rings. The predicted octanol–water partition coefficient (Wildman–Crippen LogP) is 4.46. The lowest BCUT2D eigenvalue weighted by Gasteiger charge is -2.43. The average Bonchev–Trinajstić information content (AvgIpc) is 2.63. The number of aliphatic hydroxyl groups is 1. The van der Waals surface area contributed by atoms with E-state index in [-0.39, 0.29) is 6.10 Å². The summed E-state index contributed by atoms with van der Waals surface area (Å²) < 4.78 is 6.14. The molecule has 3 atom stereocenters. The van der Waals surface area contributed by atoms with Crippen LogP contribution in [0.25, 0.3) is 0 Å². The van der Waals surface area contributed by atoms with Crippen molar-refractivity contribution in [2.45, 2.75) is 72.0 Å². The van der Waals surface area contributed by atoms with Crippen molar-refractivity contribution in [2.24, 2.45) is 11.8 Å². The zero-order valence-corrected chi connectivity index (χ0v) is 18.4. The SMILES string of the molecule is Cc1nc(C)c(C(O)C(=O)OC(C)C)c(N2CC[C@H]3CCCC[C@H]3C2)c1Br. The number of hydrogen-bond acceptors (Lipinski definition) is 5. The number of carbonyl (C=O) groups is 1. The maximum absolute atomic E-state index is 12.4. The van der Waals surface area contributed by atoms with Gasteiger partial charge in [0.05, 0.1) is 22.0 Å². The van der Waals surface area contributed by atoms with Crippen molar-refractivity contribution < 1.29 is 14.6 Å². The minimum absolute atomic E-state index is 0.268. The molecule has 1 aliphatic heterocycles. The van der Waals surface area contributed by atoms with Crippen molar-refractivity contribution in [3.63, 3.8) is 0 Å². The summed E-state index contributed by atoms with van der Waals surface area (Å²) in [6, 6.07) is 0. The molecule has 0 amide bonds. The number of esters is 1. The molecule has 1 saturated heterocycles. The number of rotatable bonds is 4. The molecule has 1 aliphatic carbocycles. The third-order valence-electron chi connectivity index (χ3n) is 5.96. The highest BCUT2D eigenvalue weighted by Gasteiger charge is 2.35. The van der Waals surface area contributed by atoms with Crippen LogP contribution in [0.1, 0.15) is 69.0 Å². The summed E-state index contributed by atoms with van der Waals surface area (Å²) in [5, 5.41) is 10.8. The summed E-state index contributed by atoms with van der Waals surface area (Å²) in [6.07, 6.45) is 4.85. The van der Waals surface area contributed by atoms with E-state index >= 15 is 0 Å². The van der Waals surface area contributed by atoms with Gasteiger partial charge in [0, 0.05) is 24.3 Å². The zero-order valence-electron chi connectivity index (χ0n) is 16.8. The first-order valence-electron chi connectivity index (χ1n) is 10.1. The molecule has 5 nitrogen and oxygen atoms in total. The fourth-order valence-electron chi connectivity index (χ4n) is 4.68. The van der Waals surface area contributed by atoms with Crippen LogP contribution in [0.4, 0.5) is 5.69 Å². The van der Waals surface area contributed by atoms with Crippen molar-refractivity contribution >= 4 is 27.6 Å². The van der Waals surface area contributed by atoms with E-state index in [0.717, 1.165) is 34.9 Å². The molecule has 0 radical (unpaired) electrons. The van der Waals surface area contributed by atoms with Gasteiger partial charge in [-0.1, -0.05) is 19.3 Å². The highest BCUT2D eigenvalue weighted by Crippen LogP contribution is 2.43. The van der Waals surface area contributed by atoms with Gasteiger partial charge >= 0.3 is 5.97 Å². The molecule has 1 N–H and O–H groups in total. The highest BCUT2D eigenvalue weighted by atomic mass is 79.9. The summed E-state index contributed by atoms with van der Waals surface area (Å²) in [4.78, 5) is 19.3. The predicted molar refractivity (Wildman–Crippen MR) is 110 cm³/mol. The Morgan fingerprint density at radius 2 is 1.85 bits per heavy atom. The molecule has 1 aromatic rings. The van der Waals surface area contributed by atoms with E-state index in [1.54, 1.807) is 13.8 Å². The minimum atomic E-state index is -1.32. The molecule has 150 valence electrons. The monoisotopic (exact) mass is 438 g/mol. The van der Waals surface area contributed by atoms with Gasteiger partial charge in [0.15, 0.2) is 6.10 Å². The van der Waals surface area contributed by atoms with E-state index < -0.39 is 12.1 Å². The van der Waals surface area contributed by atoms with Crippen molar-refractivity contribution in [1.82, 2.24) is 4.98 Å². The number of carbonyl (C=O) groups excluding carboxylic acids is 1. The molecule has 3 rings (SSSR count). The third-order valence-corrected chi connectivity index (χ3v) is 6.91. The van der Waals surface area contributed by atoms with Crippen LogP contribution >= 0.6 is 15.9 Å². The lowest BCUT2D eigenvalue weighted by molar-refractivity contribution is -0.157. The number of aryl methyl sites for hydroxylation is 2. The molecule has 2 aliphatic rings. The van der Waals surface area contributed by atoms with Crippen LogP contribution in [-0.2, 0) is 9.53 Å². The number of halogens is 1. The van der Waals surface area contributed by atoms with Crippen LogP contribution in [0.3, 0.4) is 0 Å². The Hall–Kier alpha value is -1.14. The Balaban J connectivity index is 1.97. The van der Waals surface area contributed by atoms with E-state index in [1.165, 1.54) is 32.1 Å². The molecule has 0 spiro atoms. The summed E-state index contributed by atoms with van der Waals surface area (Å²) in [5.74, 6) is 0.900. The first kappa shape index (κ1) is 20.6. The van der Waals surface area contributed by atoms with E-state index in [9.17, 15) is 9.90 Å². The molecule has 0 bridgehead atoms. The molecule has 2 heterocycles. The summed E-state index contributed by atoms with van der Waals surface area (Å²) in [7, 11) is 0. The molecule has 0 aromatic carbocycles. The number of pyridine rings is 1. The van der Waals surface area contributed by atoms with Crippen LogP contribution < -0.4 is 4.90 Å². The molecule has 1 unspecified atom stereocenters. The van der Waals surface area contributed by atoms with Crippen LogP contribution in [0, 0.1) is 25.7 Å². The standard InChI is InChI=1S/C21H31BrN2O3/c1-12(2)27-21(26)20(25)17-13(3)23-14(4)18(22)19(17)24-10-9-15-7-5-6-8-16(15)11-24/h12,15-16,20,25H,5-11H2,1-4H3/t15-,16+,20?/m1/s1. The largest absolute Gasteiger partial charge is 0.461 e. The number of nitrogens with zero attached hydrogens (tertiary/aromatic N) is 2. The van der Waals surface area contributed by atoms with Crippen LogP contribution in [0.15, 0.2) is 4.47 Å². The fourth-order valence-corrected chi connectivity index (χ4v) is 5.23. The molecular formula is C21H31BrN2O3. The van der Waals surface area contributed by atoms with E-state index in [4.69, 9.17) is 4.74 Å². The Morgan fingerprint density at radius 1 is 1.19 bits per heavy atom. The van der Waals surface area contributed by atoms with Gasteiger partial charge in [0.1, 0.15) is 0 Å². The van der Waals surface area contributed by atoms with Gasteiger partial charge in [-0.3, -0.25) is 4.98 Å². The number of ether oxygens (including phenoxy) is 1. The topological polar surface area (TPSA) is 62.7 Å². The number of hydrogen-bond donors (Lipinski definition) is 1. The number of fused-ring (bicyclic) bond motifs is 1. The maximum atomic E-state index is 12.4. The summed E-state index contributed by atoms with van der Waals surface area (Å²) >= 11 is 3.69. The van der Waals surface area contributed by atoms with Gasteiger partial charge < -0.3 is 14.7 Å². The van der Waals surface area contributed by atoms with Gasteiger partial charge in [-0.25, -0.2) is 4.79 Å². The zero-order chi connectivity index (χ0) is 19.7. The normalized spacial score (nSPS) is 23.9. The maximum Gasteiger partial charge on any atom is 0.340 e. The molecule has 1 aromatic heterocycles. The second kappa shape index (κ2) is 8.48. The van der Waals surface area contributed by atoms with Crippen molar-refractivity contribution in [2.75, 3.05) is 18.0 Å². The van der Waals surface area contributed by atoms with E-state index in [1.807, 2.05) is 13.8 Å². The lowest BCUT2D eigenvalue weighted by atomic mass is 9.75. The van der Waals surface area contributed by atoms with Crippen LogP contribution in [0.2, 0.25) is 0 Å². The summed E-state index contributed by atoms with van der Waals surface area (Å²) in [5.41, 5.74) is 3.05. The lowest BCUT2D eigenvalue weighted by Crippen LogP contribution is -2.43. The average molecular weight is 439 g/mol. The second-order valence-electron chi connectivity index (χ2n) is 8.29. The van der Waals surface area contributed by atoms with Crippen LogP contribution in [-0.4, -0.2) is 35.3 Å². The Kier molecular flexibility index (Phi) is 6.46. The number of aliphatic hydroxyl groups excluding tert-OH is 1. The number of anilines is 1. The van der Waals surface area contributed by atoms with Crippen molar-refractivity contribution in [3.8, 4) is 0 Å². The third kappa shape index (κ3) is 4.32. The molecule has 1 saturated carbocycles. The van der Waals surface area contributed by atoms with E-state index in [2.05, 4.69) is 25.8 Å². The Bertz CT molecular complexity index is 707. The van der Waals surface area contributed by atoms with Gasteiger partial charge in [-0.05, 0) is 68.3 Å². The molecule has 27 heavy (non-hydrogen) atoms. The Morgan fingerprint density at radius 3 is 2.52 bits per heavy atom. The first-order valence-corrected chi connectivity index (χ1v) is 10.9. The van der Waals surface area contributed by atoms with Crippen molar-refractivity contribution in [1.29, 1.82) is 0 Å². The van der Waals surface area contributed by atoms with Gasteiger partial charge in [-0.2, -0.15) is 0 Å². The smallest absolute Gasteiger partial charge is 0.340 e. The van der Waals surface area contributed by atoms with Gasteiger partial charge in [0.2, 0.25) is 0 Å². The number of aromatic nitrogens is 1. The first-order chi connectivity index (χ1) is 12.8. The molecule has 6 heteroatoms. The second-order valence-corrected chi connectivity index (χ2v) is 9.08. The number of piperidine rings is 1. The fraction of sp³-hybridized carbons (Fsp3) is 0.714.